The summed E-state index contributed by atoms with van der Waals surface area (Å²) in [7, 11) is 0. The van der Waals surface area contributed by atoms with E-state index in [1.54, 1.807) is 0 Å². The van der Waals surface area contributed by atoms with Crippen LogP contribution < -0.4 is 16.4 Å². The first-order chi connectivity index (χ1) is 9.65. The number of amides is 1. The van der Waals surface area contributed by atoms with Gasteiger partial charge in [-0.15, -0.1) is 0 Å². The normalized spacial score (nSPS) is 18.0. The molecule has 1 aromatic rings. The van der Waals surface area contributed by atoms with Gasteiger partial charge in [-0.25, -0.2) is 4.98 Å². The summed E-state index contributed by atoms with van der Waals surface area (Å²) in [6, 6.07) is 3.86. The molecule has 110 valence electrons. The lowest BCUT2D eigenvalue weighted by atomic mass is 10.1. The summed E-state index contributed by atoms with van der Waals surface area (Å²) in [4.78, 5) is 20.2. The Hall–Kier alpha value is -1.66. The third-order valence-electron chi connectivity index (χ3n) is 3.84. The van der Waals surface area contributed by atoms with Crippen molar-refractivity contribution in [3.63, 3.8) is 0 Å². The molecule has 6 nitrogen and oxygen atoms in total. The van der Waals surface area contributed by atoms with Gasteiger partial charge in [0.05, 0.1) is 6.04 Å². The van der Waals surface area contributed by atoms with Gasteiger partial charge < -0.3 is 16.4 Å². The van der Waals surface area contributed by atoms with Crippen molar-refractivity contribution in [1.29, 1.82) is 0 Å². The Labute approximate surface area is 119 Å². The molecule has 1 aliphatic rings. The van der Waals surface area contributed by atoms with Gasteiger partial charge in [-0.2, -0.15) is 0 Å². The smallest absolute Gasteiger partial charge is 0.234 e. The number of rotatable bonds is 5. The van der Waals surface area contributed by atoms with E-state index in [-0.39, 0.29) is 11.9 Å². The van der Waals surface area contributed by atoms with E-state index in [9.17, 15) is 4.79 Å². The molecular weight excluding hydrogens is 254 g/mol. The summed E-state index contributed by atoms with van der Waals surface area (Å²) in [5, 5.41) is 0. The molecule has 0 bridgehead atoms. The van der Waals surface area contributed by atoms with Crippen molar-refractivity contribution in [2.75, 3.05) is 31.1 Å². The molecule has 4 N–H and O–H groups in total. The summed E-state index contributed by atoms with van der Waals surface area (Å²) in [5.74, 6) is 0.736. The molecule has 1 fully saturated rings. The zero-order valence-electron chi connectivity index (χ0n) is 12.0. The SMILES string of the molecule is CCC(C(N)=O)N1CCN(c2ccc(CN)cn2)CC1. The highest BCUT2D eigenvalue weighted by atomic mass is 16.1. The molecule has 1 saturated heterocycles. The minimum atomic E-state index is -0.230. The molecule has 0 aliphatic carbocycles. The van der Waals surface area contributed by atoms with Crippen LogP contribution >= 0.6 is 0 Å². The Morgan fingerprint density at radius 1 is 1.35 bits per heavy atom. The first-order valence-corrected chi connectivity index (χ1v) is 7.09. The summed E-state index contributed by atoms with van der Waals surface area (Å²) < 4.78 is 0. The predicted octanol–water partition coefficient (Wildman–Crippen LogP) is -0.0738. The van der Waals surface area contributed by atoms with Gasteiger partial charge in [0.1, 0.15) is 5.82 Å². The Kier molecular flexibility index (Phi) is 4.92. The maximum atomic E-state index is 11.4. The summed E-state index contributed by atoms with van der Waals surface area (Å²) in [5.41, 5.74) is 12.0. The topological polar surface area (TPSA) is 88.5 Å². The Bertz CT molecular complexity index is 439. The fourth-order valence-electron chi connectivity index (χ4n) is 2.63. The fourth-order valence-corrected chi connectivity index (χ4v) is 2.63. The van der Waals surface area contributed by atoms with E-state index in [4.69, 9.17) is 11.5 Å². The van der Waals surface area contributed by atoms with E-state index in [0.29, 0.717) is 6.54 Å². The molecule has 20 heavy (non-hydrogen) atoms. The van der Waals surface area contributed by atoms with Gasteiger partial charge in [-0.1, -0.05) is 13.0 Å². The van der Waals surface area contributed by atoms with Gasteiger partial charge in [0, 0.05) is 38.9 Å². The second-order valence-corrected chi connectivity index (χ2v) is 5.08. The van der Waals surface area contributed by atoms with Crippen LogP contribution in [0, 0.1) is 0 Å². The van der Waals surface area contributed by atoms with Crippen molar-refractivity contribution in [3.8, 4) is 0 Å². The van der Waals surface area contributed by atoms with Crippen molar-refractivity contribution in [1.82, 2.24) is 9.88 Å². The van der Waals surface area contributed by atoms with Crippen LogP contribution in [0.15, 0.2) is 18.3 Å². The molecule has 6 heteroatoms. The van der Waals surface area contributed by atoms with Crippen molar-refractivity contribution in [2.45, 2.75) is 25.9 Å². The molecule has 0 radical (unpaired) electrons. The number of aromatic nitrogens is 1. The van der Waals surface area contributed by atoms with E-state index in [2.05, 4.69) is 14.8 Å². The van der Waals surface area contributed by atoms with Gasteiger partial charge in [0.25, 0.3) is 0 Å². The quantitative estimate of drug-likeness (QED) is 0.786. The fraction of sp³-hybridized carbons (Fsp3) is 0.571. The van der Waals surface area contributed by atoms with E-state index in [0.717, 1.165) is 44.0 Å². The Morgan fingerprint density at radius 2 is 2.05 bits per heavy atom. The van der Waals surface area contributed by atoms with Crippen LogP contribution in [0.25, 0.3) is 0 Å². The van der Waals surface area contributed by atoms with Gasteiger partial charge in [0.15, 0.2) is 0 Å². The maximum absolute atomic E-state index is 11.4. The van der Waals surface area contributed by atoms with E-state index in [1.165, 1.54) is 0 Å². The van der Waals surface area contributed by atoms with Crippen molar-refractivity contribution < 1.29 is 4.79 Å². The predicted molar refractivity (Wildman–Crippen MR) is 79.2 cm³/mol. The van der Waals surface area contributed by atoms with Crippen LogP contribution in [0.3, 0.4) is 0 Å². The number of pyridine rings is 1. The molecule has 1 aliphatic heterocycles. The molecule has 2 heterocycles. The number of anilines is 1. The molecule has 1 atom stereocenters. The Morgan fingerprint density at radius 3 is 2.50 bits per heavy atom. The first kappa shape index (κ1) is 14.7. The van der Waals surface area contributed by atoms with Gasteiger partial charge >= 0.3 is 0 Å². The lowest BCUT2D eigenvalue weighted by Gasteiger charge is -2.38. The number of nitrogens with zero attached hydrogens (tertiary/aromatic N) is 3. The van der Waals surface area contributed by atoms with Gasteiger partial charge in [-0.05, 0) is 18.1 Å². The number of hydrogen-bond acceptors (Lipinski definition) is 5. The molecule has 1 aromatic heterocycles. The van der Waals surface area contributed by atoms with Crippen LogP contribution in [0.5, 0.6) is 0 Å². The van der Waals surface area contributed by atoms with Crippen LogP contribution in [0.2, 0.25) is 0 Å². The highest BCUT2D eigenvalue weighted by Crippen LogP contribution is 2.16. The zero-order chi connectivity index (χ0) is 14.5. The zero-order valence-corrected chi connectivity index (χ0v) is 12.0. The third-order valence-corrected chi connectivity index (χ3v) is 3.84. The Balaban J connectivity index is 1.94. The number of carbonyl (C=O) groups is 1. The molecule has 2 rings (SSSR count). The highest BCUT2D eigenvalue weighted by molar-refractivity contribution is 5.79. The molecule has 1 amide bonds. The average molecular weight is 277 g/mol. The molecule has 0 spiro atoms. The van der Waals surface area contributed by atoms with Crippen LogP contribution in [0.4, 0.5) is 5.82 Å². The third kappa shape index (κ3) is 3.26. The minimum Gasteiger partial charge on any atom is -0.368 e. The highest BCUT2D eigenvalue weighted by Gasteiger charge is 2.26. The lowest BCUT2D eigenvalue weighted by Crippen LogP contribution is -2.54. The molecule has 1 unspecified atom stereocenters. The van der Waals surface area contributed by atoms with Crippen molar-refractivity contribution >= 4 is 11.7 Å². The number of nitrogens with two attached hydrogens (primary N) is 2. The first-order valence-electron chi connectivity index (χ1n) is 7.09. The maximum Gasteiger partial charge on any atom is 0.234 e. The summed E-state index contributed by atoms with van der Waals surface area (Å²) in [6.45, 7) is 5.90. The van der Waals surface area contributed by atoms with Gasteiger partial charge in [0.2, 0.25) is 5.91 Å². The van der Waals surface area contributed by atoms with Crippen molar-refractivity contribution in [3.05, 3.63) is 23.9 Å². The van der Waals surface area contributed by atoms with E-state index < -0.39 is 0 Å². The minimum absolute atomic E-state index is 0.148. The second kappa shape index (κ2) is 6.67. The van der Waals surface area contributed by atoms with Crippen LogP contribution in [0.1, 0.15) is 18.9 Å². The van der Waals surface area contributed by atoms with Gasteiger partial charge in [-0.3, -0.25) is 9.69 Å². The number of primary amides is 1. The standard InChI is InChI=1S/C14H23N5O/c1-2-12(14(16)20)18-5-7-19(8-6-18)13-4-3-11(9-15)10-17-13/h3-4,10,12H,2,5-9,15H2,1H3,(H2,16,20). The lowest BCUT2D eigenvalue weighted by molar-refractivity contribution is -0.123. The molecule has 0 saturated carbocycles. The van der Waals surface area contributed by atoms with Crippen molar-refractivity contribution in [2.24, 2.45) is 11.5 Å². The second-order valence-electron chi connectivity index (χ2n) is 5.08. The van der Waals surface area contributed by atoms with Crippen LogP contribution in [-0.4, -0.2) is 48.0 Å². The summed E-state index contributed by atoms with van der Waals surface area (Å²) >= 11 is 0. The van der Waals surface area contributed by atoms with E-state index in [1.807, 2.05) is 25.3 Å². The summed E-state index contributed by atoms with van der Waals surface area (Å²) in [6.07, 6.45) is 2.58. The molecule has 0 aromatic carbocycles. The number of piperazine rings is 1. The largest absolute Gasteiger partial charge is 0.368 e. The number of hydrogen-bond donors (Lipinski definition) is 2. The number of carbonyl (C=O) groups excluding carboxylic acids is 1. The average Bonchev–Trinajstić information content (AvgIpc) is 2.48. The van der Waals surface area contributed by atoms with Crippen LogP contribution in [-0.2, 0) is 11.3 Å². The monoisotopic (exact) mass is 277 g/mol. The van der Waals surface area contributed by atoms with E-state index >= 15 is 0 Å². The molecular formula is C14H23N5O.